The molecule has 1 N–H and O–H groups in total. The summed E-state index contributed by atoms with van der Waals surface area (Å²) in [5.41, 5.74) is -3.36. The molecular weight excluding hydrogens is 294 g/mol. The highest BCUT2D eigenvalue weighted by Gasteiger charge is 2.52. The van der Waals surface area contributed by atoms with Crippen molar-refractivity contribution in [3.63, 3.8) is 0 Å². The quantitative estimate of drug-likeness (QED) is 0.794. The number of carbonyl (C=O) groups is 1. The van der Waals surface area contributed by atoms with E-state index in [0.717, 1.165) is 6.42 Å². The van der Waals surface area contributed by atoms with E-state index in [9.17, 15) is 13.6 Å². The van der Waals surface area contributed by atoms with Crippen LogP contribution in [-0.4, -0.2) is 40.9 Å². The number of ether oxygens (including phenoxy) is 2. The Bertz CT molecular complexity index is 398. The van der Waals surface area contributed by atoms with Gasteiger partial charge < -0.3 is 14.6 Å². The summed E-state index contributed by atoms with van der Waals surface area (Å²) >= 11 is 0. The van der Waals surface area contributed by atoms with Crippen LogP contribution in [0.2, 0.25) is 0 Å². The van der Waals surface area contributed by atoms with Gasteiger partial charge in [0.05, 0.1) is 6.10 Å². The Morgan fingerprint density at radius 2 is 1.59 bits per heavy atom. The molecule has 1 unspecified atom stereocenters. The normalized spacial score (nSPS) is 47.9. The van der Waals surface area contributed by atoms with Crippen molar-refractivity contribution in [1.82, 2.24) is 0 Å². The zero-order valence-electron chi connectivity index (χ0n) is 14.2. The van der Waals surface area contributed by atoms with Gasteiger partial charge in [-0.15, -0.1) is 0 Å². The van der Waals surface area contributed by atoms with E-state index in [0.29, 0.717) is 6.42 Å². The van der Waals surface area contributed by atoms with Gasteiger partial charge in [-0.2, -0.15) is 0 Å². The number of hydrogen-bond donors (Lipinski definition) is 1. The van der Waals surface area contributed by atoms with E-state index in [1.165, 1.54) is 13.8 Å². The summed E-state index contributed by atoms with van der Waals surface area (Å²) in [4.78, 5) is 10.9. The minimum atomic E-state index is -1.78. The summed E-state index contributed by atoms with van der Waals surface area (Å²) in [6, 6.07) is 0. The molecule has 0 amide bonds. The van der Waals surface area contributed by atoms with E-state index in [1.54, 1.807) is 13.8 Å². The molecule has 2 saturated heterocycles. The molecular formula is C16H28F2O4. The van der Waals surface area contributed by atoms with Gasteiger partial charge in [0, 0.05) is 11.8 Å². The van der Waals surface area contributed by atoms with Crippen LogP contribution in [0.15, 0.2) is 0 Å². The molecule has 2 heterocycles. The molecule has 0 spiro atoms. The Balaban J connectivity index is 0.000000220. The van der Waals surface area contributed by atoms with Crippen molar-refractivity contribution >= 4 is 5.97 Å². The highest BCUT2D eigenvalue weighted by Crippen LogP contribution is 2.39. The number of rotatable bonds is 2. The summed E-state index contributed by atoms with van der Waals surface area (Å²) in [7, 11) is 0. The van der Waals surface area contributed by atoms with Crippen molar-refractivity contribution in [2.45, 2.75) is 84.2 Å². The fourth-order valence-electron chi connectivity index (χ4n) is 2.78. The van der Waals surface area contributed by atoms with Crippen LogP contribution < -0.4 is 0 Å². The van der Waals surface area contributed by atoms with Crippen LogP contribution in [0.4, 0.5) is 8.78 Å². The summed E-state index contributed by atoms with van der Waals surface area (Å²) in [6.07, 6.45) is -0.190. The average Bonchev–Trinajstić information content (AvgIpc) is 2.78. The molecule has 7 atom stereocenters. The third-order valence-corrected chi connectivity index (χ3v) is 5.11. The molecule has 6 heteroatoms. The van der Waals surface area contributed by atoms with Crippen molar-refractivity contribution in [3.05, 3.63) is 0 Å². The second kappa shape index (κ2) is 6.79. The minimum absolute atomic E-state index is 0.139. The predicted molar refractivity (Wildman–Crippen MR) is 78.7 cm³/mol. The number of aliphatic hydroxyl groups excluding tert-OH is 1. The van der Waals surface area contributed by atoms with E-state index in [2.05, 4.69) is 0 Å². The van der Waals surface area contributed by atoms with Crippen molar-refractivity contribution in [2.24, 2.45) is 11.8 Å². The van der Waals surface area contributed by atoms with Gasteiger partial charge in [-0.25, -0.2) is 13.6 Å². The van der Waals surface area contributed by atoms with Gasteiger partial charge >= 0.3 is 5.97 Å². The second-order valence-electron chi connectivity index (χ2n) is 6.59. The Labute approximate surface area is 131 Å². The second-order valence-corrected chi connectivity index (χ2v) is 6.59. The summed E-state index contributed by atoms with van der Waals surface area (Å²) in [5.74, 6) is -1.25. The first kappa shape index (κ1) is 19.3. The molecule has 130 valence electrons. The fourth-order valence-corrected chi connectivity index (χ4v) is 2.78. The first-order chi connectivity index (χ1) is 9.99. The van der Waals surface area contributed by atoms with Gasteiger partial charge in [0.1, 0.15) is 6.10 Å². The van der Waals surface area contributed by atoms with Crippen LogP contribution in [0.3, 0.4) is 0 Å². The number of hydrogen-bond acceptors (Lipinski definition) is 4. The smallest absolute Gasteiger partial charge is 0.344 e. The van der Waals surface area contributed by atoms with Gasteiger partial charge in [0.15, 0.2) is 12.0 Å². The van der Waals surface area contributed by atoms with Crippen molar-refractivity contribution in [2.75, 3.05) is 0 Å². The molecule has 22 heavy (non-hydrogen) atoms. The summed E-state index contributed by atoms with van der Waals surface area (Å²) in [6.45, 7) is 9.96. The topological polar surface area (TPSA) is 55.8 Å². The average molecular weight is 322 g/mol. The first-order valence-electron chi connectivity index (χ1n) is 7.92. The molecule has 2 rings (SSSR count). The van der Waals surface area contributed by atoms with Crippen molar-refractivity contribution in [1.29, 1.82) is 0 Å². The molecule has 0 aliphatic carbocycles. The zero-order chi connectivity index (χ0) is 17.3. The van der Waals surface area contributed by atoms with Crippen molar-refractivity contribution < 1.29 is 28.2 Å². The van der Waals surface area contributed by atoms with E-state index >= 15 is 0 Å². The van der Waals surface area contributed by atoms with E-state index in [-0.39, 0.29) is 24.0 Å². The number of carbonyl (C=O) groups excluding carboxylic acids is 1. The number of halogens is 2. The van der Waals surface area contributed by atoms with E-state index in [4.69, 9.17) is 14.6 Å². The lowest BCUT2D eigenvalue weighted by molar-refractivity contribution is -0.149. The van der Waals surface area contributed by atoms with Crippen LogP contribution in [0.25, 0.3) is 0 Å². The third-order valence-electron chi connectivity index (χ3n) is 5.11. The van der Waals surface area contributed by atoms with Crippen LogP contribution >= 0.6 is 0 Å². The number of esters is 1. The lowest BCUT2D eigenvalue weighted by Crippen LogP contribution is -2.35. The highest BCUT2D eigenvalue weighted by molar-refractivity contribution is 5.81. The zero-order valence-corrected chi connectivity index (χ0v) is 14.2. The Hall–Kier alpha value is -0.750. The third kappa shape index (κ3) is 3.43. The van der Waals surface area contributed by atoms with Crippen LogP contribution in [0, 0.1) is 11.8 Å². The highest BCUT2D eigenvalue weighted by atomic mass is 19.1. The van der Waals surface area contributed by atoms with E-state index < -0.39 is 23.6 Å². The number of alkyl halides is 2. The predicted octanol–water partition coefficient (Wildman–Crippen LogP) is 3.16. The van der Waals surface area contributed by atoms with E-state index in [1.807, 2.05) is 13.8 Å². The van der Waals surface area contributed by atoms with Gasteiger partial charge in [0.2, 0.25) is 5.67 Å². The maximum Gasteiger partial charge on any atom is 0.344 e. The van der Waals surface area contributed by atoms with Gasteiger partial charge in [-0.3, -0.25) is 0 Å². The molecule has 0 bridgehead atoms. The Kier molecular flexibility index (Phi) is 5.95. The molecule has 0 aromatic carbocycles. The van der Waals surface area contributed by atoms with Crippen LogP contribution in [0.1, 0.15) is 54.4 Å². The lowest BCUT2D eigenvalue weighted by atomic mass is 9.89. The van der Waals surface area contributed by atoms with Gasteiger partial charge in [-0.1, -0.05) is 27.7 Å². The molecule has 2 aliphatic heterocycles. The Morgan fingerprint density at radius 1 is 1.09 bits per heavy atom. The molecule has 0 radical (unpaired) electrons. The summed E-state index contributed by atoms with van der Waals surface area (Å²) in [5, 5.41) is 9.13. The van der Waals surface area contributed by atoms with Gasteiger partial charge in [-0.05, 0) is 26.7 Å². The maximum absolute atomic E-state index is 13.5. The largest absolute Gasteiger partial charge is 0.460 e. The standard InChI is InChI=1S/C8H15FO2.C8H13FO2/c2*1-4-6-5(2)8(3,9)7(10)11-6/h5-7,10H,4H2,1-3H3;5-6H,4H2,1-3H3/t5-,6-,7?,8-;5-,6-,8-/m11/s1. The first-order valence-corrected chi connectivity index (χ1v) is 7.92. The van der Waals surface area contributed by atoms with Crippen LogP contribution in [-0.2, 0) is 14.3 Å². The Morgan fingerprint density at radius 3 is 1.77 bits per heavy atom. The minimum Gasteiger partial charge on any atom is -0.460 e. The molecule has 0 aromatic rings. The molecule has 0 aromatic heterocycles. The molecule has 2 fully saturated rings. The van der Waals surface area contributed by atoms with Crippen LogP contribution in [0.5, 0.6) is 0 Å². The molecule has 2 aliphatic rings. The monoisotopic (exact) mass is 322 g/mol. The summed E-state index contributed by atoms with van der Waals surface area (Å²) < 4.78 is 36.7. The van der Waals surface area contributed by atoms with Gasteiger partial charge in [0.25, 0.3) is 0 Å². The SMILES string of the molecule is CC[C@H]1OC(=O)[C@](C)(F)[C@@H]1C.CC[C@H]1OC(O)[C@](C)(F)[C@@H]1C. The lowest BCUT2D eigenvalue weighted by Gasteiger charge is -2.20. The molecule has 0 saturated carbocycles. The van der Waals surface area contributed by atoms with Crippen molar-refractivity contribution in [3.8, 4) is 0 Å². The number of cyclic esters (lactones) is 1. The fraction of sp³-hybridized carbons (Fsp3) is 0.938. The number of aliphatic hydroxyl groups is 1. The maximum atomic E-state index is 13.5. The molecule has 4 nitrogen and oxygen atoms in total.